The van der Waals surface area contributed by atoms with E-state index in [1.807, 2.05) is 6.92 Å². The molecule has 0 amide bonds. The van der Waals surface area contributed by atoms with Gasteiger partial charge < -0.3 is 10.4 Å². The fourth-order valence-corrected chi connectivity index (χ4v) is 2.56. The Morgan fingerprint density at radius 2 is 2.32 bits per heavy atom. The van der Waals surface area contributed by atoms with Crippen LogP contribution >= 0.6 is 0 Å². The molecule has 0 saturated carbocycles. The van der Waals surface area contributed by atoms with E-state index in [0.717, 1.165) is 19.4 Å². The Bertz CT molecular complexity index is 656. The van der Waals surface area contributed by atoms with Gasteiger partial charge in [-0.2, -0.15) is 9.61 Å². The molecule has 0 radical (unpaired) electrons. The van der Waals surface area contributed by atoms with Crippen LogP contribution < -0.4 is 5.32 Å². The fourth-order valence-electron chi connectivity index (χ4n) is 2.56. The molecule has 2 N–H and O–H groups in total. The van der Waals surface area contributed by atoms with Crippen molar-refractivity contribution in [3.05, 3.63) is 23.5 Å². The molecule has 6 heteroatoms. The van der Waals surface area contributed by atoms with Crippen molar-refractivity contribution in [3.8, 4) is 5.88 Å². The number of hydrogen-bond acceptors (Lipinski definition) is 5. The maximum Gasteiger partial charge on any atom is 0.215 e. The summed E-state index contributed by atoms with van der Waals surface area (Å²) in [6, 6.07) is 3.14. The molecule has 3 heterocycles. The predicted octanol–water partition coefficient (Wildman–Crippen LogP) is 1.07. The molecule has 0 spiro atoms. The lowest BCUT2D eigenvalue weighted by Gasteiger charge is -2.20. The van der Waals surface area contributed by atoms with Gasteiger partial charge in [-0.05, 0) is 33.2 Å². The largest absolute Gasteiger partial charge is 0.493 e. The van der Waals surface area contributed by atoms with Crippen LogP contribution in [0.4, 0.5) is 0 Å². The van der Waals surface area contributed by atoms with Gasteiger partial charge >= 0.3 is 0 Å². The molecule has 1 saturated heterocycles. The van der Waals surface area contributed by atoms with E-state index in [9.17, 15) is 9.90 Å². The van der Waals surface area contributed by atoms with Crippen LogP contribution in [0.1, 0.15) is 35.9 Å². The Balaban J connectivity index is 2.06. The molecule has 0 aromatic carbocycles. The van der Waals surface area contributed by atoms with Gasteiger partial charge in [-0.25, -0.2) is 4.98 Å². The minimum atomic E-state index is -0.553. The topological polar surface area (TPSA) is 79.5 Å². The highest BCUT2D eigenvalue weighted by Crippen LogP contribution is 2.24. The number of hydrogen-bond donors (Lipinski definition) is 2. The van der Waals surface area contributed by atoms with E-state index in [2.05, 4.69) is 15.4 Å². The molecule has 0 bridgehead atoms. The number of Topliss-reactive ketones (excluding diaryl/α,β-unsaturated/α-hetero) is 1. The minimum Gasteiger partial charge on any atom is -0.493 e. The number of aromatic hydroxyl groups is 1. The van der Waals surface area contributed by atoms with Crippen molar-refractivity contribution in [2.45, 2.75) is 32.2 Å². The first kappa shape index (κ1) is 12.1. The van der Waals surface area contributed by atoms with Gasteiger partial charge in [0, 0.05) is 17.8 Å². The Morgan fingerprint density at radius 3 is 3.00 bits per heavy atom. The molecule has 6 nitrogen and oxygen atoms in total. The van der Waals surface area contributed by atoms with Gasteiger partial charge in [0.1, 0.15) is 5.69 Å². The maximum absolute atomic E-state index is 12.5. The van der Waals surface area contributed by atoms with Crippen LogP contribution in [-0.4, -0.2) is 37.6 Å². The Hall–Kier alpha value is -1.95. The smallest absolute Gasteiger partial charge is 0.215 e. The Labute approximate surface area is 110 Å². The standard InChI is InChI=1S/C13H16N4O2/c1-8-6-11(18)17-10(15-8)7-9(16-17)12(19)13(2)4-3-5-14-13/h6-7,14,18H,3-5H2,1-2H3. The lowest BCUT2D eigenvalue weighted by Crippen LogP contribution is -2.44. The summed E-state index contributed by atoms with van der Waals surface area (Å²) in [4.78, 5) is 16.7. The first-order chi connectivity index (χ1) is 8.99. The molecule has 3 rings (SSSR count). The lowest BCUT2D eigenvalue weighted by molar-refractivity contribution is 0.0878. The Kier molecular flexibility index (Phi) is 2.56. The highest BCUT2D eigenvalue weighted by Gasteiger charge is 2.37. The molecule has 1 atom stereocenters. The number of aryl methyl sites for hydroxylation is 1. The van der Waals surface area contributed by atoms with Crippen LogP contribution in [0.2, 0.25) is 0 Å². The van der Waals surface area contributed by atoms with Crippen molar-refractivity contribution < 1.29 is 9.90 Å². The van der Waals surface area contributed by atoms with Crippen LogP contribution in [0.5, 0.6) is 5.88 Å². The molecule has 19 heavy (non-hydrogen) atoms. The third-order valence-electron chi connectivity index (χ3n) is 3.64. The average Bonchev–Trinajstić information content (AvgIpc) is 2.95. The third kappa shape index (κ3) is 1.88. The summed E-state index contributed by atoms with van der Waals surface area (Å²) in [5.41, 5.74) is 0.963. The van der Waals surface area contributed by atoms with Gasteiger partial charge in [-0.3, -0.25) is 4.79 Å². The summed E-state index contributed by atoms with van der Waals surface area (Å²) in [5.74, 6) is -0.0568. The first-order valence-corrected chi connectivity index (χ1v) is 6.36. The quantitative estimate of drug-likeness (QED) is 0.789. The molecule has 2 aromatic heterocycles. The number of ketones is 1. The number of nitrogens with one attached hydrogen (secondary N) is 1. The molecule has 1 aliphatic heterocycles. The van der Waals surface area contributed by atoms with Crippen molar-refractivity contribution >= 4 is 11.4 Å². The van der Waals surface area contributed by atoms with E-state index in [1.165, 1.54) is 10.6 Å². The van der Waals surface area contributed by atoms with E-state index in [1.54, 1.807) is 13.0 Å². The molecule has 1 fully saturated rings. The summed E-state index contributed by atoms with van der Waals surface area (Å²) in [6.07, 6.45) is 1.79. The number of nitrogens with zero attached hydrogens (tertiary/aromatic N) is 3. The molecule has 0 aliphatic carbocycles. The fraction of sp³-hybridized carbons (Fsp3) is 0.462. The van der Waals surface area contributed by atoms with E-state index < -0.39 is 5.54 Å². The van der Waals surface area contributed by atoms with Gasteiger partial charge in [0.15, 0.2) is 5.65 Å². The normalized spacial score (nSPS) is 23.1. The summed E-state index contributed by atoms with van der Waals surface area (Å²) >= 11 is 0. The third-order valence-corrected chi connectivity index (χ3v) is 3.64. The zero-order valence-electron chi connectivity index (χ0n) is 11.0. The van der Waals surface area contributed by atoms with Crippen molar-refractivity contribution in [2.24, 2.45) is 0 Å². The van der Waals surface area contributed by atoms with Crippen LogP contribution in [0.15, 0.2) is 12.1 Å². The second kappa shape index (κ2) is 4.03. The van der Waals surface area contributed by atoms with Crippen LogP contribution in [0, 0.1) is 6.92 Å². The molecular formula is C13H16N4O2. The molecule has 1 unspecified atom stereocenters. The summed E-state index contributed by atoms with van der Waals surface area (Å²) in [6.45, 7) is 4.52. The first-order valence-electron chi connectivity index (χ1n) is 6.36. The van der Waals surface area contributed by atoms with Crippen LogP contribution in [0.3, 0.4) is 0 Å². The van der Waals surface area contributed by atoms with Crippen LogP contribution in [0.25, 0.3) is 5.65 Å². The monoisotopic (exact) mass is 260 g/mol. The lowest BCUT2D eigenvalue weighted by atomic mass is 9.93. The van der Waals surface area contributed by atoms with E-state index in [0.29, 0.717) is 17.0 Å². The van der Waals surface area contributed by atoms with E-state index >= 15 is 0 Å². The highest BCUT2D eigenvalue weighted by atomic mass is 16.3. The van der Waals surface area contributed by atoms with E-state index in [-0.39, 0.29) is 11.7 Å². The minimum absolute atomic E-state index is 0.00826. The molecule has 2 aromatic rings. The van der Waals surface area contributed by atoms with Crippen molar-refractivity contribution in [1.82, 2.24) is 19.9 Å². The summed E-state index contributed by atoms with van der Waals surface area (Å²) in [5, 5.41) is 17.2. The zero-order valence-corrected chi connectivity index (χ0v) is 11.0. The average molecular weight is 260 g/mol. The molecule has 1 aliphatic rings. The number of carbonyl (C=O) groups excluding carboxylic acids is 1. The number of fused-ring (bicyclic) bond motifs is 1. The molecule has 100 valence electrons. The maximum atomic E-state index is 12.5. The SMILES string of the molecule is Cc1cc(O)n2nc(C(=O)C3(C)CCCN3)cc2n1. The highest BCUT2D eigenvalue weighted by molar-refractivity contribution is 6.02. The van der Waals surface area contributed by atoms with Crippen molar-refractivity contribution in [2.75, 3.05) is 6.54 Å². The van der Waals surface area contributed by atoms with Gasteiger partial charge in [0.25, 0.3) is 0 Å². The number of carbonyl (C=O) groups is 1. The second-order valence-electron chi connectivity index (χ2n) is 5.25. The van der Waals surface area contributed by atoms with E-state index in [4.69, 9.17) is 0 Å². The van der Waals surface area contributed by atoms with Crippen LogP contribution in [-0.2, 0) is 0 Å². The van der Waals surface area contributed by atoms with Crippen molar-refractivity contribution in [1.29, 1.82) is 0 Å². The summed E-state index contributed by atoms with van der Waals surface area (Å²) < 4.78 is 1.29. The second-order valence-corrected chi connectivity index (χ2v) is 5.25. The van der Waals surface area contributed by atoms with Gasteiger partial charge in [0.05, 0.1) is 5.54 Å². The predicted molar refractivity (Wildman–Crippen MR) is 69.4 cm³/mol. The summed E-state index contributed by atoms with van der Waals surface area (Å²) in [7, 11) is 0. The Morgan fingerprint density at radius 1 is 1.53 bits per heavy atom. The van der Waals surface area contributed by atoms with Gasteiger partial charge in [-0.15, -0.1) is 0 Å². The van der Waals surface area contributed by atoms with Gasteiger partial charge in [-0.1, -0.05) is 0 Å². The van der Waals surface area contributed by atoms with Gasteiger partial charge in [0.2, 0.25) is 11.7 Å². The number of aromatic nitrogens is 3. The molecular weight excluding hydrogens is 244 g/mol. The zero-order chi connectivity index (χ0) is 13.6. The van der Waals surface area contributed by atoms with Crippen molar-refractivity contribution in [3.63, 3.8) is 0 Å². The number of rotatable bonds is 2.